The van der Waals surface area contributed by atoms with Gasteiger partial charge in [-0.05, 0) is 48.9 Å². The largest absolute Gasteiger partial charge is 0.496 e. The summed E-state index contributed by atoms with van der Waals surface area (Å²) < 4.78 is 19.1. The maximum atomic E-state index is 13.7. The number of nitro benzene ring substituents is 1. The number of benzene rings is 4. The first-order valence-corrected chi connectivity index (χ1v) is 13.9. The van der Waals surface area contributed by atoms with Gasteiger partial charge in [-0.25, -0.2) is 4.98 Å². The fourth-order valence-electron chi connectivity index (χ4n) is 4.78. The predicted octanol–water partition coefficient (Wildman–Crippen LogP) is 7.26. The maximum absolute atomic E-state index is 13.7. The summed E-state index contributed by atoms with van der Waals surface area (Å²) in [5.74, 6) is 1.04. The molecule has 0 fully saturated rings. The summed E-state index contributed by atoms with van der Waals surface area (Å²) in [6.07, 6.45) is 1.34. The van der Waals surface area contributed by atoms with Crippen LogP contribution in [0.3, 0.4) is 0 Å². The van der Waals surface area contributed by atoms with Crippen LogP contribution in [-0.2, 0) is 6.61 Å². The van der Waals surface area contributed by atoms with E-state index < -0.39 is 10.5 Å². The molecule has 0 amide bonds. The molecule has 2 heterocycles. The minimum atomic E-state index is -0.523. The van der Waals surface area contributed by atoms with Crippen LogP contribution >= 0.6 is 15.9 Å². The number of hydrogen-bond acceptors (Lipinski definition) is 8. The summed E-state index contributed by atoms with van der Waals surface area (Å²) in [7, 11) is 1.56. The smallest absolute Gasteiger partial charge is 0.312 e. The Balaban J connectivity index is 1.51. The molecule has 0 aliphatic rings. The van der Waals surface area contributed by atoms with Gasteiger partial charge in [-0.2, -0.15) is 9.78 Å². The fraction of sp³-hybridized carbons (Fsp3) is 0.0938. The number of ether oxygens (including phenoxy) is 2. The lowest BCUT2D eigenvalue weighted by atomic mass is 10.1. The van der Waals surface area contributed by atoms with Crippen molar-refractivity contribution in [2.24, 2.45) is 5.10 Å². The fourth-order valence-corrected chi connectivity index (χ4v) is 5.24. The highest BCUT2D eigenvalue weighted by atomic mass is 79.9. The van der Waals surface area contributed by atoms with Gasteiger partial charge in [0.05, 0.1) is 34.5 Å². The summed E-state index contributed by atoms with van der Waals surface area (Å²) >= 11 is 3.35. The third kappa shape index (κ3) is 5.50. The molecule has 0 N–H and O–H groups in total. The van der Waals surface area contributed by atoms with Crippen molar-refractivity contribution in [3.05, 3.63) is 127 Å². The number of fused-ring (bicyclic) bond motifs is 2. The van der Waals surface area contributed by atoms with E-state index in [1.165, 1.54) is 12.3 Å². The van der Waals surface area contributed by atoms with Crippen LogP contribution in [0.1, 0.15) is 16.7 Å². The molecule has 0 saturated carbocycles. The number of hydrogen-bond donors (Lipinski definition) is 0. The highest BCUT2D eigenvalue weighted by molar-refractivity contribution is 9.10. The third-order valence-electron chi connectivity index (χ3n) is 6.75. The molecule has 0 radical (unpaired) electrons. The molecule has 10 nitrogen and oxygen atoms in total. The maximum Gasteiger partial charge on any atom is 0.312 e. The average molecular weight is 639 g/mol. The second kappa shape index (κ2) is 11.5. The van der Waals surface area contributed by atoms with Gasteiger partial charge in [0, 0.05) is 16.1 Å². The van der Waals surface area contributed by atoms with Crippen LogP contribution in [0.4, 0.5) is 5.69 Å². The van der Waals surface area contributed by atoms with Crippen molar-refractivity contribution in [2.75, 3.05) is 7.11 Å². The molecule has 4 aromatic carbocycles. The highest BCUT2D eigenvalue weighted by Gasteiger charge is 2.22. The van der Waals surface area contributed by atoms with E-state index in [2.05, 4.69) is 21.0 Å². The predicted molar refractivity (Wildman–Crippen MR) is 167 cm³/mol. The zero-order valence-electron chi connectivity index (χ0n) is 23.0. The minimum absolute atomic E-state index is 0.00952. The Hall–Kier alpha value is -5.29. The van der Waals surface area contributed by atoms with Crippen LogP contribution in [-0.4, -0.2) is 27.9 Å². The number of nitrogens with zero attached hydrogens (tertiary/aromatic N) is 4. The SMILES string of the molecule is COc1cccc2oc(-c3nc4ccccc4c(=O)n3N=Cc3cc(Br)cc([N+](=O)[O-])c3OCc3cccc(C)c3)cc12. The van der Waals surface area contributed by atoms with Gasteiger partial charge >= 0.3 is 5.69 Å². The molecule has 0 aliphatic heterocycles. The molecular weight excluding hydrogens is 616 g/mol. The van der Waals surface area contributed by atoms with Gasteiger partial charge in [-0.15, -0.1) is 0 Å². The van der Waals surface area contributed by atoms with Gasteiger partial charge in [0.1, 0.15) is 17.9 Å². The number of rotatable bonds is 8. The van der Waals surface area contributed by atoms with E-state index in [1.54, 1.807) is 61.7 Å². The second-order valence-corrected chi connectivity index (χ2v) is 10.6. The Labute approximate surface area is 253 Å². The van der Waals surface area contributed by atoms with Crippen LogP contribution in [0.5, 0.6) is 11.5 Å². The molecule has 0 saturated heterocycles. The van der Waals surface area contributed by atoms with Crippen molar-refractivity contribution >= 4 is 49.7 Å². The lowest BCUT2D eigenvalue weighted by molar-refractivity contribution is -0.386. The lowest BCUT2D eigenvalue weighted by Crippen LogP contribution is -2.20. The van der Waals surface area contributed by atoms with E-state index in [4.69, 9.17) is 18.9 Å². The third-order valence-corrected chi connectivity index (χ3v) is 7.21. The Bertz CT molecular complexity index is 2120. The monoisotopic (exact) mass is 638 g/mol. The highest BCUT2D eigenvalue weighted by Crippen LogP contribution is 2.35. The number of para-hydroxylation sites is 1. The molecule has 0 bridgehead atoms. The average Bonchev–Trinajstić information content (AvgIpc) is 3.44. The molecular formula is C32H23BrN4O6. The molecule has 43 heavy (non-hydrogen) atoms. The summed E-state index contributed by atoms with van der Waals surface area (Å²) in [4.78, 5) is 29.9. The number of aryl methyl sites for hydroxylation is 1. The molecule has 0 atom stereocenters. The van der Waals surface area contributed by atoms with Crippen LogP contribution in [0.2, 0.25) is 0 Å². The molecule has 0 aliphatic carbocycles. The van der Waals surface area contributed by atoms with Crippen LogP contribution < -0.4 is 15.0 Å². The van der Waals surface area contributed by atoms with Crippen molar-refractivity contribution in [3.63, 3.8) is 0 Å². The molecule has 2 aromatic heterocycles. The van der Waals surface area contributed by atoms with E-state index in [1.807, 2.05) is 31.2 Å². The van der Waals surface area contributed by atoms with E-state index >= 15 is 0 Å². The standard InChI is InChI=1S/C32H23BrN4O6/c1-19-7-5-8-20(13-19)18-42-30-21(14-22(33)15-26(30)37(39)40)17-34-36-31(35-25-10-4-3-9-23(25)32(36)38)29-16-24-27(41-2)11-6-12-28(24)43-29/h3-17H,18H2,1-2H3. The summed E-state index contributed by atoms with van der Waals surface area (Å²) in [6.45, 7) is 2.04. The van der Waals surface area contributed by atoms with E-state index in [0.29, 0.717) is 32.1 Å². The molecule has 6 aromatic rings. The topological polar surface area (TPSA) is 122 Å². The number of aromatic nitrogens is 2. The molecule has 0 unspecified atom stereocenters. The van der Waals surface area contributed by atoms with Crippen molar-refractivity contribution in [1.82, 2.24) is 9.66 Å². The van der Waals surface area contributed by atoms with Crippen molar-refractivity contribution in [2.45, 2.75) is 13.5 Å². The zero-order valence-corrected chi connectivity index (χ0v) is 24.6. The van der Waals surface area contributed by atoms with E-state index in [-0.39, 0.29) is 35.2 Å². The molecule has 6 rings (SSSR count). The van der Waals surface area contributed by atoms with Crippen molar-refractivity contribution in [1.29, 1.82) is 0 Å². The van der Waals surface area contributed by atoms with Crippen LogP contribution in [0, 0.1) is 17.0 Å². The normalized spacial score (nSPS) is 11.4. The Morgan fingerprint density at radius 2 is 1.86 bits per heavy atom. The van der Waals surface area contributed by atoms with Gasteiger partial charge in [0.15, 0.2) is 5.76 Å². The van der Waals surface area contributed by atoms with Gasteiger partial charge in [-0.1, -0.05) is 64.0 Å². The first kappa shape index (κ1) is 27.9. The van der Waals surface area contributed by atoms with E-state index in [0.717, 1.165) is 15.8 Å². The molecule has 0 spiro atoms. The molecule has 214 valence electrons. The van der Waals surface area contributed by atoms with Gasteiger partial charge in [0.2, 0.25) is 11.6 Å². The van der Waals surface area contributed by atoms with Gasteiger partial charge in [-0.3, -0.25) is 14.9 Å². The summed E-state index contributed by atoms with van der Waals surface area (Å²) in [6, 6.07) is 24.7. The second-order valence-electron chi connectivity index (χ2n) is 9.67. The van der Waals surface area contributed by atoms with Crippen molar-refractivity contribution < 1.29 is 18.8 Å². The summed E-state index contributed by atoms with van der Waals surface area (Å²) in [5, 5.41) is 17.5. The van der Waals surface area contributed by atoms with Crippen LogP contribution in [0.25, 0.3) is 33.5 Å². The number of nitro groups is 1. The zero-order chi connectivity index (χ0) is 30.1. The molecule has 11 heteroatoms. The number of methoxy groups -OCH3 is 1. The van der Waals surface area contributed by atoms with Crippen LogP contribution in [0.15, 0.2) is 104 Å². The first-order valence-electron chi connectivity index (χ1n) is 13.1. The summed E-state index contributed by atoms with van der Waals surface area (Å²) in [5.41, 5.74) is 2.47. The quantitative estimate of drug-likeness (QED) is 0.0976. The Kier molecular flexibility index (Phi) is 7.47. The van der Waals surface area contributed by atoms with Crippen molar-refractivity contribution in [3.8, 4) is 23.1 Å². The number of furan rings is 1. The minimum Gasteiger partial charge on any atom is -0.496 e. The van der Waals surface area contributed by atoms with E-state index in [9.17, 15) is 14.9 Å². The van der Waals surface area contributed by atoms with Gasteiger partial charge in [0.25, 0.3) is 5.56 Å². The Morgan fingerprint density at radius 3 is 2.65 bits per heavy atom. The lowest BCUT2D eigenvalue weighted by Gasteiger charge is -2.11. The number of halogens is 1. The Morgan fingerprint density at radius 1 is 1.05 bits per heavy atom. The first-order chi connectivity index (χ1) is 20.8. The van der Waals surface area contributed by atoms with Gasteiger partial charge < -0.3 is 13.9 Å².